The highest BCUT2D eigenvalue weighted by Gasteiger charge is 2.43. The third-order valence-corrected chi connectivity index (χ3v) is 6.23. The molecule has 0 aliphatic heterocycles. The number of halogens is 1. The maximum Gasteiger partial charge on any atom is 0.0360 e. The Kier molecular flexibility index (Phi) is 4.86. The van der Waals surface area contributed by atoms with Gasteiger partial charge in [0.2, 0.25) is 0 Å². The van der Waals surface area contributed by atoms with Crippen LogP contribution in [0.4, 0.5) is 0 Å². The SMILES string of the molecule is CCC1CCCC1(CN)N(C)Cc1cc(Br)cs1. The molecule has 0 radical (unpaired) electrons. The minimum atomic E-state index is 0.227. The molecule has 0 bridgehead atoms. The number of rotatable bonds is 5. The molecule has 0 saturated heterocycles. The molecule has 2 N–H and O–H groups in total. The van der Waals surface area contributed by atoms with Gasteiger partial charge in [-0.05, 0) is 47.8 Å². The number of nitrogens with two attached hydrogens (primary N) is 1. The van der Waals surface area contributed by atoms with E-state index in [0.29, 0.717) is 0 Å². The molecule has 0 amide bonds. The number of likely N-dealkylation sites (N-methyl/N-ethyl adjacent to an activating group) is 1. The van der Waals surface area contributed by atoms with E-state index >= 15 is 0 Å². The van der Waals surface area contributed by atoms with Crippen LogP contribution in [0.2, 0.25) is 0 Å². The first-order chi connectivity index (χ1) is 8.62. The Morgan fingerprint density at radius 1 is 1.61 bits per heavy atom. The molecular weight excluding hydrogens is 308 g/mol. The summed E-state index contributed by atoms with van der Waals surface area (Å²) in [4.78, 5) is 3.92. The zero-order valence-electron chi connectivity index (χ0n) is 11.3. The van der Waals surface area contributed by atoms with Crippen molar-refractivity contribution in [3.05, 3.63) is 20.8 Å². The summed E-state index contributed by atoms with van der Waals surface area (Å²) >= 11 is 5.35. The molecule has 0 spiro atoms. The Balaban J connectivity index is 2.12. The standard InChI is InChI=1S/C14H23BrN2S/c1-3-11-5-4-6-14(11,10-16)17(2)8-13-7-12(15)9-18-13/h7,9,11H,3-6,8,10,16H2,1-2H3. The van der Waals surface area contributed by atoms with Crippen molar-refractivity contribution in [1.82, 2.24) is 4.90 Å². The van der Waals surface area contributed by atoms with Crippen molar-refractivity contribution in [2.75, 3.05) is 13.6 Å². The molecule has 4 heteroatoms. The molecule has 18 heavy (non-hydrogen) atoms. The van der Waals surface area contributed by atoms with Crippen LogP contribution in [-0.2, 0) is 6.54 Å². The zero-order chi connectivity index (χ0) is 13.2. The van der Waals surface area contributed by atoms with Crippen LogP contribution in [0.1, 0.15) is 37.5 Å². The third kappa shape index (κ3) is 2.67. The normalized spacial score (nSPS) is 28.2. The Morgan fingerprint density at radius 3 is 2.94 bits per heavy atom. The summed E-state index contributed by atoms with van der Waals surface area (Å²) in [5, 5.41) is 2.16. The average molecular weight is 331 g/mol. The van der Waals surface area contributed by atoms with Crippen LogP contribution in [0.25, 0.3) is 0 Å². The van der Waals surface area contributed by atoms with Gasteiger partial charge in [-0.3, -0.25) is 4.90 Å². The summed E-state index contributed by atoms with van der Waals surface area (Å²) in [6.45, 7) is 4.11. The van der Waals surface area contributed by atoms with Gasteiger partial charge in [-0.1, -0.05) is 19.8 Å². The quantitative estimate of drug-likeness (QED) is 0.888. The fourth-order valence-corrected chi connectivity index (χ4v) is 4.97. The van der Waals surface area contributed by atoms with Crippen molar-refractivity contribution in [2.24, 2.45) is 11.7 Å². The highest BCUT2D eigenvalue weighted by Crippen LogP contribution is 2.42. The largest absolute Gasteiger partial charge is 0.329 e. The van der Waals surface area contributed by atoms with E-state index in [4.69, 9.17) is 5.73 Å². The molecule has 1 aromatic rings. The predicted octanol–water partition coefficient (Wildman–Crippen LogP) is 3.85. The molecule has 2 nitrogen and oxygen atoms in total. The first-order valence-corrected chi connectivity index (χ1v) is 8.44. The minimum absolute atomic E-state index is 0.227. The van der Waals surface area contributed by atoms with E-state index in [9.17, 15) is 0 Å². The summed E-state index contributed by atoms with van der Waals surface area (Å²) < 4.78 is 1.19. The highest BCUT2D eigenvalue weighted by molar-refractivity contribution is 9.10. The van der Waals surface area contributed by atoms with Gasteiger partial charge < -0.3 is 5.73 Å². The maximum atomic E-state index is 6.15. The fraction of sp³-hybridized carbons (Fsp3) is 0.714. The average Bonchev–Trinajstić information content (AvgIpc) is 2.95. The Morgan fingerprint density at radius 2 is 2.39 bits per heavy atom. The van der Waals surface area contributed by atoms with Gasteiger partial charge in [0.05, 0.1) is 0 Å². The Bertz CT molecular complexity index is 393. The molecule has 1 fully saturated rings. The zero-order valence-corrected chi connectivity index (χ0v) is 13.7. The van der Waals surface area contributed by atoms with Crippen molar-refractivity contribution < 1.29 is 0 Å². The number of thiophene rings is 1. The van der Waals surface area contributed by atoms with Crippen molar-refractivity contribution in [1.29, 1.82) is 0 Å². The van der Waals surface area contributed by atoms with Crippen molar-refractivity contribution in [3.8, 4) is 0 Å². The van der Waals surface area contributed by atoms with Crippen LogP contribution in [0.5, 0.6) is 0 Å². The van der Waals surface area contributed by atoms with Crippen LogP contribution in [0.3, 0.4) is 0 Å². The van der Waals surface area contributed by atoms with E-state index in [1.165, 1.54) is 35.0 Å². The lowest BCUT2D eigenvalue weighted by atomic mass is 9.83. The number of nitrogens with zero attached hydrogens (tertiary/aromatic N) is 1. The first kappa shape index (κ1) is 14.5. The van der Waals surface area contributed by atoms with E-state index < -0.39 is 0 Å². The second kappa shape index (κ2) is 6.04. The summed E-state index contributed by atoms with van der Waals surface area (Å²) in [5.41, 5.74) is 6.37. The van der Waals surface area contributed by atoms with Crippen LogP contribution < -0.4 is 5.73 Å². The van der Waals surface area contributed by atoms with Gasteiger partial charge in [0.1, 0.15) is 0 Å². The van der Waals surface area contributed by atoms with Crippen molar-refractivity contribution >= 4 is 27.3 Å². The smallest absolute Gasteiger partial charge is 0.0360 e. The predicted molar refractivity (Wildman–Crippen MR) is 82.9 cm³/mol. The minimum Gasteiger partial charge on any atom is -0.329 e. The molecule has 1 saturated carbocycles. The van der Waals surface area contributed by atoms with Gasteiger partial charge in [0.25, 0.3) is 0 Å². The summed E-state index contributed by atoms with van der Waals surface area (Å²) in [7, 11) is 2.24. The van der Waals surface area contributed by atoms with Gasteiger partial charge in [-0.25, -0.2) is 0 Å². The van der Waals surface area contributed by atoms with E-state index in [1.807, 2.05) is 11.3 Å². The summed E-state index contributed by atoms with van der Waals surface area (Å²) in [5.74, 6) is 0.760. The highest BCUT2D eigenvalue weighted by atomic mass is 79.9. The van der Waals surface area contributed by atoms with E-state index in [0.717, 1.165) is 19.0 Å². The summed E-state index contributed by atoms with van der Waals surface area (Å²) in [6, 6.07) is 2.22. The van der Waals surface area contributed by atoms with Gasteiger partial charge in [0, 0.05) is 33.4 Å². The molecule has 1 aliphatic carbocycles. The lowest BCUT2D eigenvalue weighted by molar-refractivity contribution is 0.0756. The second-order valence-electron chi connectivity index (χ2n) is 5.39. The molecular formula is C14H23BrN2S. The third-order valence-electron chi connectivity index (χ3n) is 4.54. The van der Waals surface area contributed by atoms with Crippen LogP contribution >= 0.6 is 27.3 Å². The van der Waals surface area contributed by atoms with E-state index in [-0.39, 0.29) is 5.54 Å². The number of hydrogen-bond acceptors (Lipinski definition) is 3. The monoisotopic (exact) mass is 330 g/mol. The Hall–Kier alpha value is 0.1000. The van der Waals surface area contributed by atoms with Crippen molar-refractivity contribution in [2.45, 2.75) is 44.7 Å². The van der Waals surface area contributed by atoms with E-state index in [1.54, 1.807) is 0 Å². The molecule has 2 rings (SSSR count). The molecule has 1 aliphatic rings. The second-order valence-corrected chi connectivity index (χ2v) is 7.30. The molecule has 2 atom stereocenters. The summed E-state index contributed by atoms with van der Waals surface area (Å²) in [6.07, 6.45) is 5.17. The van der Waals surface area contributed by atoms with Gasteiger partial charge in [-0.2, -0.15) is 0 Å². The van der Waals surface area contributed by atoms with Crippen LogP contribution in [0, 0.1) is 5.92 Å². The lowest BCUT2D eigenvalue weighted by Crippen LogP contribution is -2.54. The van der Waals surface area contributed by atoms with Gasteiger partial charge in [0.15, 0.2) is 0 Å². The molecule has 1 heterocycles. The molecule has 2 unspecified atom stereocenters. The fourth-order valence-electron chi connectivity index (χ4n) is 3.47. The van der Waals surface area contributed by atoms with Crippen LogP contribution in [0.15, 0.2) is 15.9 Å². The van der Waals surface area contributed by atoms with Gasteiger partial charge in [-0.15, -0.1) is 11.3 Å². The topological polar surface area (TPSA) is 29.3 Å². The number of hydrogen-bond donors (Lipinski definition) is 1. The molecule has 102 valence electrons. The van der Waals surface area contributed by atoms with Crippen molar-refractivity contribution in [3.63, 3.8) is 0 Å². The maximum absolute atomic E-state index is 6.15. The first-order valence-electron chi connectivity index (χ1n) is 6.76. The van der Waals surface area contributed by atoms with Crippen LogP contribution in [-0.4, -0.2) is 24.0 Å². The van der Waals surface area contributed by atoms with E-state index in [2.05, 4.69) is 46.2 Å². The lowest BCUT2D eigenvalue weighted by Gasteiger charge is -2.42. The molecule has 1 aromatic heterocycles. The molecule has 0 aromatic carbocycles. The van der Waals surface area contributed by atoms with Gasteiger partial charge >= 0.3 is 0 Å². The Labute approximate surface area is 123 Å².